The minimum atomic E-state index is -0.417. The van der Waals surface area contributed by atoms with E-state index >= 15 is 0 Å². The quantitative estimate of drug-likeness (QED) is 0.743. The zero-order chi connectivity index (χ0) is 16.9. The molecule has 1 amide bonds. The van der Waals surface area contributed by atoms with E-state index in [1.54, 1.807) is 0 Å². The maximum Gasteiger partial charge on any atom is 0.279 e. The molecule has 0 aliphatic rings. The van der Waals surface area contributed by atoms with Crippen LogP contribution in [0.25, 0.3) is 11.3 Å². The Bertz CT molecular complexity index is 844. The van der Waals surface area contributed by atoms with Gasteiger partial charge in [-0.25, -0.2) is 15.0 Å². The molecule has 6 nitrogen and oxygen atoms in total. The number of carbonyl (C=O) groups is 1. The molecule has 0 bridgehead atoms. The highest BCUT2D eigenvalue weighted by atomic mass is 32.1. The number of nitrogens with one attached hydrogen (secondary N) is 1. The standard InChI is InChI=1S/C17H17N5OS/c1-2-3-11-4-6-12(7-5-11)13-10-24-17(21-13)22-16(23)14-15(18)20-9-8-19-14/h4-10H,2-3H2,1H3,(H2,18,20)(H,21,22,23). The summed E-state index contributed by atoms with van der Waals surface area (Å²) < 4.78 is 0. The van der Waals surface area contributed by atoms with Gasteiger partial charge in [0.05, 0.1) is 5.69 Å². The van der Waals surface area contributed by atoms with Crippen molar-refractivity contribution in [3.63, 3.8) is 0 Å². The van der Waals surface area contributed by atoms with E-state index in [0.29, 0.717) is 5.13 Å². The molecule has 24 heavy (non-hydrogen) atoms. The molecule has 0 atom stereocenters. The van der Waals surface area contributed by atoms with E-state index in [1.807, 2.05) is 17.5 Å². The van der Waals surface area contributed by atoms with Gasteiger partial charge in [-0.15, -0.1) is 11.3 Å². The van der Waals surface area contributed by atoms with E-state index in [0.717, 1.165) is 24.1 Å². The number of thiazole rings is 1. The van der Waals surface area contributed by atoms with Gasteiger partial charge in [0.25, 0.3) is 5.91 Å². The molecule has 7 heteroatoms. The van der Waals surface area contributed by atoms with Crippen LogP contribution < -0.4 is 11.1 Å². The lowest BCUT2D eigenvalue weighted by Gasteiger charge is -2.03. The van der Waals surface area contributed by atoms with Gasteiger partial charge in [-0.3, -0.25) is 10.1 Å². The summed E-state index contributed by atoms with van der Waals surface area (Å²) in [4.78, 5) is 24.4. The van der Waals surface area contributed by atoms with E-state index in [-0.39, 0.29) is 11.5 Å². The number of amides is 1. The maximum atomic E-state index is 12.2. The first kappa shape index (κ1) is 16.1. The van der Waals surface area contributed by atoms with E-state index in [2.05, 4.69) is 39.3 Å². The zero-order valence-corrected chi connectivity index (χ0v) is 14.0. The van der Waals surface area contributed by atoms with Crippen LogP contribution in [0.1, 0.15) is 29.4 Å². The Morgan fingerprint density at radius 1 is 1.21 bits per heavy atom. The van der Waals surface area contributed by atoms with Gasteiger partial charge in [0.15, 0.2) is 16.6 Å². The molecule has 2 heterocycles. The molecule has 0 spiro atoms. The molecule has 0 aliphatic carbocycles. The van der Waals surface area contributed by atoms with Gasteiger partial charge in [-0.2, -0.15) is 0 Å². The van der Waals surface area contributed by atoms with Gasteiger partial charge in [0, 0.05) is 23.3 Å². The molecule has 2 aromatic heterocycles. The number of carbonyl (C=O) groups excluding carboxylic acids is 1. The Kier molecular flexibility index (Phi) is 4.81. The van der Waals surface area contributed by atoms with Gasteiger partial charge < -0.3 is 5.73 Å². The molecular formula is C17H17N5OS. The SMILES string of the molecule is CCCc1ccc(-c2csc(NC(=O)c3nccnc3N)n2)cc1. The predicted octanol–water partition coefficient (Wildman–Crippen LogP) is 3.39. The molecule has 122 valence electrons. The number of hydrogen-bond donors (Lipinski definition) is 2. The number of aryl methyl sites for hydroxylation is 1. The van der Waals surface area contributed by atoms with Gasteiger partial charge in [-0.1, -0.05) is 37.6 Å². The number of rotatable bonds is 5. The fourth-order valence-electron chi connectivity index (χ4n) is 2.27. The first-order chi connectivity index (χ1) is 11.7. The Balaban J connectivity index is 1.73. The summed E-state index contributed by atoms with van der Waals surface area (Å²) in [5, 5.41) is 5.11. The highest BCUT2D eigenvalue weighted by molar-refractivity contribution is 7.14. The molecule has 0 saturated carbocycles. The summed E-state index contributed by atoms with van der Waals surface area (Å²) in [6.45, 7) is 2.16. The van der Waals surface area contributed by atoms with Crippen molar-refractivity contribution >= 4 is 28.2 Å². The van der Waals surface area contributed by atoms with Crippen LogP contribution in [0.15, 0.2) is 42.0 Å². The second-order valence-electron chi connectivity index (χ2n) is 5.23. The van der Waals surface area contributed by atoms with E-state index < -0.39 is 5.91 Å². The smallest absolute Gasteiger partial charge is 0.279 e. The molecule has 0 radical (unpaired) electrons. The molecular weight excluding hydrogens is 322 g/mol. The summed E-state index contributed by atoms with van der Waals surface area (Å²) in [5.41, 5.74) is 8.91. The molecule has 3 aromatic rings. The van der Waals surface area contributed by atoms with Crippen molar-refractivity contribution in [2.75, 3.05) is 11.1 Å². The van der Waals surface area contributed by atoms with Crippen LogP contribution in [0.4, 0.5) is 10.9 Å². The molecule has 0 saturated heterocycles. The molecule has 0 aliphatic heterocycles. The predicted molar refractivity (Wildman–Crippen MR) is 95.9 cm³/mol. The van der Waals surface area contributed by atoms with Gasteiger partial charge >= 0.3 is 0 Å². The average Bonchev–Trinajstić information content (AvgIpc) is 3.04. The maximum absolute atomic E-state index is 12.2. The number of benzene rings is 1. The number of aromatic nitrogens is 3. The van der Waals surface area contributed by atoms with Crippen molar-refractivity contribution in [2.24, 2.45) is 0 Å². The topological polar surface area (TPSA) is 93.8 Å². The fourth-order valence-corrected chi connectivity index (χ4v) is 2.99. The van der Waals surface area contributed by atoms with Crippen molar-refractivity contribution in [3.8, 4) is 11.3 Å². The Hall–Kier alpha value is -2.80. The average molecular weight is 339 g/mol. The third-order valence-electron chi connectivity index (χ3n) is 3.45. The van der Waals surface area contributed by atoms with Crippen molar-refractivity contribution in [1.29, 1.82) is 0 Å². The van der Waals surface area contributed by atoms with Gasteiger partial charge in [-0.05, 0) is 12.0 Å². The summed E-state index contributed by atoms with van der Waals surface area (Å²) in [7, 11) is 0. The highest BCUT2D eigenvalue weighted by Crippen LogP contribution is 2.25. The molecule has 3 rings (SSSR count). The van der Waals surface area contributed by atoms with Crippen molar-refractivity contribution < 1.29 is 4.79 Å². The summed E-state index contributed by atoms with van der Waals surface area (Å²) >= 11 is 1.36. The summed E-state index contributed by atoms with van der Waals surface area (Å²) in [5.74, 6) is -0.321. The van der Waals surface area contributed by atoms with Crippen LogP contribution in [-0.4, -0.2) is 20.9 Å². The van der Waals surface area contributed by atoms with Crippen molar-refractivity contribution in [3.05, 3.63) is 53.3 Å². The minimum Gasteiger partial charge on any atom is -0.382 e. The third kappa shape index (κ3) is 3.57. The zero-order valence-electron chi connectivity index (χ0n) is 13.2. The number of nitrogens with zero attached hydrogens (tertiary/aromatic N) is 3. The molecule has 0 fully saturated rings. The number of hydrogen-bond acceptors (Lipinski definition) is 6. The first-order valence-corrected chi connectivity index (χ1v) is 8.48. The van der Waals surface area contributed by atoms with Crippen LogP contribution in [0.2, 0.25) is 0 Å². The summed E-state index contributed by atoms with van der Waals surface area (Å²) in [6.07, 6.45) is 5.06. The monoisotopic (exact) mass is 339 g/mol. The Morgan fingerprint density at radius 2 is 1.96 bits per heavy atom. The number of nitrogen functional groups attached to an aromatic ring is 1. The van der Waals surface area contributed by atoms with Crippen LogP contribution in [0.3, 0.4) is 0 Å². The van der Waals surface area contributed by atoms with Crippen LogP contribution in [0.5, 0.6) is 0 Å². The molecule has 3 N–H and O–H groups in total. The number of anilines is 2. The van der Waals surface area contributed by atoms with Gasteiger partial charge in [0.2, 0.25) is 0 Å². The molecule has 0 unspecified atom stereocenters. The number of nitrogens with two attached hydrogens (primary N) is 1. The Labute approximate surface area is 143 Å². The van der Waals surface area contributed by atoms with E-state index in [1.165, 1.54) is 29.3 Å². The summed E-state index contributed by atoms with van der Waals surface area (Å²) in [6, 6.07) is 8.31. The third-order valence-corrected chi connectivity index (χ3v) is 4.21. The first-order valence-electron chi connectivity index (χ1n) is 7.60. The minimum absolute atomic E-state index is 0.0955. The van der Waals surface area contributed by atoms with Crippen molar-refractivity contribution in [2.45, 2.75) is 19.8 Å². The fraction of sp³-hybridized carbons (Fsp3) is 0.176. The van der Waals surface area contributed by atoms with E-state index in [4.69, 9.17) is 5.73 Å². The van der Waals surface area contributed by atoms with Crippen LogP contribution in [-0.2, 0) is 6.42 Å². The lowest BCUT2D eigenvalue weighted by Crippen LogP contribution is -2.16. The lowest BCUT2D eigenvalue weighted by molar-refractivity contribution is 0.102. The van der Waals surface area contributed by atoms with Crippen LogP contribution in [0, 0.1) is 0 Å². The Morgan fingerprint density at radius 3 is 2.67 bits per heavy atom. The van der Waals surface area contributed by atoms with Gasteiger partial charge in [0.1, 0.15) is 0 Å². The second-order valence-corrected chi connectivity index (χ2v) is 6.09. The highest BCUT2D eigenvalue weighted by Gasteiger charge is 2.14. The largest absolute Gasteiger partial charge is 0.382 e. The normalized spacial score (nSPS) is 10.5. The van der Waals surface area contributed by atoms with Crippen LogP contribution >= 0.6 is 11.3 Å². The lowest BCUT2D eigenvalue weighted by atomic mass is 10.1. The van der Waals surface area contributed by atoms with Crippen molar-refractivity contribution in [1.82, 2.24) is 15.0 Å². The second kappa shape index (κ2) is 7.18. The van der Waals surface area contributed by atoms with E-state index in [9.17, 15) is 4.79 Å². The molecule has 1 aromatic carbocycles.